The zero-order chi connectivity index (χ0) is 11.7. The Morgan fingerprint density at radius 1 is 1.13 bits per heavy atom. The van der Waals surface area contributed by atoms with Gasteiger partial charge in [0.1, 0.15) is 0 Å². The monoisotopic (exact) mass is 212 g/mol. The molecule has 1 fully saturated rings. The van der Waals surface area contributed by atoms with E-state index in [9.17, 15) is 0 Å². The molecule has 0 aromatic carbocycles. The fourth-order valence-corrected chi connectivity index (χ4v) is 1.89. The summed E-state index contributed by atoms with van der Waals surface area (Å²) in [5.41, 5.74) is 6.71. The van der Waals surface area contributed by atoms with Crippen molar-refractivity contribution in [1.82, 2.24) is 5.32 Å². The molecule has 0 amide bonds. The molecule has 2 nitrogen and oxygen atoms in total. The van der Waals surface area contributed by atoms with Gasteiger partial charge in [-0.3, -0.25) is 0 Å². The van der Waals surface area contributed by atoms with Gasteiger partial charge in [-0.1, -0.05) is 41.0 Å². The van der Waals surface area contributed by atoms with Crippen molar-refractivity contribution in [3.63, 3.8) is 0 Å². The molecule has 0 radical (unpaired) electrons. The average Bonchev–Trinajstić information content (AvgIpc) is 2.46. The summed E-state index contributed by atoms with van der Waals surface area (Å²) >= 11 is 0. The summed E-state index contributed by atoms with van der Waals surface area (Å²) in [6, 6.07) is 0.924. The highest BCUT2D eigenvalue weighted by Gasteiger charge is 2.34. The van der Waals surface area contributed by atoms with E-state index in [0.29, 0.717) is 22.9 Å². The van der Waals surface area contributed by atoms with Crippen molar-refractivity contribution in [2.45, 2.75) is 66.0 Å². The first kappa shape index (κ1) is 13.0. The van der Waals surface area contributed by atoms with Crippen LogP contribution in [0.15, 0.2) is 0 Å². The van der Waals surface area contributed by atoms with Crippen molar-refractivity contribution >= 4 is 0 Å². The fourth-order valence-electron chi connectivity index (χ4n) is 1.89. The molecule has 1 aliphatic carbocycles. The zero-order valence-corrected chi connectivity index (χ0v) is 11.1. The lowest BCUT2D eigenvalue weighted by Crippen LogP contribution is -2.47. The number of nitrogens with one attached hydrogen (secondary N) is 1. The van der Waals surface area contributed by atoms with Gasteiger partial charge in [-0.25, -0.2) is 0 Å². The highest BCUT2D eigenvalue weighted by molar-refractivity contribution is 4.90. The molecular formula is C13H28N2. The van der Waals surface area contributed by atoms with E-state index in [1.54, 1.807) is 0 Å². The summed E-state index contributed by atoms with van der Waals surface area (Å²) in [5.74, 6) is 0. The van der Waals surface area contributed by atoms with Crippen LogP contribution in [0.3, 0.4) is 0 Å². The second-order valence-electron chi connectivity index (χ2n) is 6.72. The highest BCUT2D eigenvalue weighted by Crippen LogP contribution is 2.37. The van der Waals surface area contributed by atoms with E-state index in [-0.39, 0.29) is 0 Å². The molecule has 0 aliphatic heterocycles. The Bertz CT molecular complexity index is 203. The van der Waals surface area contributed by atoms with Crippen LogP contribution >= 0.6 is 0 Å². The highest BCUT2D eigenvalue weighted by atomic mass is 15.0. The third kappa shape index (κ3) is 3.18. The molecule has 0 bridgehead atoms. The van der Waals surface area contributed by atoms with Crippen LogP contribution in [-0.4, -0.2) is 18.6 Å². The van der Waals surface area contributed by atoms with Gasteiger partial charge in [0.05, 0.1) is 0 Å². The lowest BCUT2D eigenvalue weighted by atomic mass is 9.69. The lowest BCUT2D eigenvalue weighted by Gasteiger charge is -2.40. The molecule has 2 atom stereocenters. The van der Waals surface area contributed by atoms with Crippen LogP contribution in [0, 0.1) is 10.8 Å². The van der Waals surface area contributed by atoms with Crippen molar-refractivity contribution in [2.24, 2.45) is 16.6 Å². The van der Waals surface area contributed by atoms with Crippen molar-refractivity contribution in [2.75, 3.05) is 6.54 Å². The maximum Gasteiger partial charge on any atom is 0.0219 e. The Labute approximate surface area is 95.0 Å². The molecule has 1 aliphatic rings. The number of hydrogen-bond acceptors (Lipinski definition) is 2. The zero-order valence-electron chi connectivity index (χ0n) is 11.1. The van der Waals surface area contributed by atoms with Gasteiger partial charge in [-0.15, -0.1) is 0 Å². The molecule has 0 saturated heterocycles. The van der Waals surface area contributed by atoms with Gasteiger partial charge in [0.2, 0.25) is 0 Å². The third-order valence-corrected chi connectivity index (χ3v) is 4.41. The largest absolute Gasteiger partial charge is 0.326 e. The molecule has 0 spiro atoms. The fraction of sp³-hybridized carbons (Fsp3) is 1.00. The second-order valence-corrected chi connectivity index (χ2v) is 6.72. The van der Waals surface area contributed by atoms with Crippen molar-refractivity contribution in [3.8, 4) is 0 Å². The van der Waals surface area contributed by atoms with Gasteiger partial charge in [0.15, 0.2) is 0 Å². The van der Waals surface area contributed by atoms with Crippen LogP contribution in [0.1, 0.15) is 53.9 Å². The molecular weight excluding hydrogens is 184 g/mol. The van der Waals surface area contributed by atoms with Crippen LogP contribution in [0.2, 0.25) is 0 Å². The summed E-state index contributed by atoms with van der Waals surface area (Å²) < 4.78 is 0. The van der Waals surface area contributed by atoms with Gasteiger partial charge in [-0.2, -0.15) is 0 Å². The molecule has 2 unspecified atom stereocenters. The Kier molecular flexibility index (Phi) is 3.83. The molecule has 15 heavy (non-hydrogen) atoms. The van der Waals surface area contributed by atoms with E-state index in [2.05, 4.69) is 39.9 Å². The van der Waals surface area contributed by atoms with Crippen molar-refractivity contribution < 1.29 is 0 Å². The van der Waals surface area contributed by atoms with Crippen LogP contribution < -0.4 is 11.1 Å². The molecule has 2 heteroatoms. The maximum absolute atomic E-state index is 6.05. The smallest absolute Gasteiger partial charge is 0.0219 e. The van der Waals surface area contributed by atoms with Gasteiger partial charge < -0.3 is 11.1 Å². The Morgan fingerprint density at radius 2 is 1.73 bits per heavy atom. The lowest BCUT2D eigenvalue weighted by molar-refractivity contribution is 0.124. The maximum atomic E-state index is 6.05. The molecule has 0 aromatic rings. The van der Waals surface area contributed by atoms with Gasteiger partial charge in [0.25, 0.3) is 0 Å². The van der Waals surface area contributed by atoms with Crippen LogP contribution in [0.25, 0.3) is 0 Å². The summed E-state index contributed by atoms with van der Waals surface area (Å²) in [7, 11) is 0. The molecule has 1 rings (SSSR count). The molecule has 0 aromatic heterocycles. The molecule has 0 heterocycles. The van der Waals surface area contributed by atoms with Crippen molar-refractivity contribution in [3.05, 3.63) is 0 Å². The van der Waals surface area contributed by atoms with Gasteiger partial charge in [0, 0.05) is 18.6 Å². The Hall–Kier alpha value is -0.0800. The Morgan fingerprint density at radius 3 is 2.13 bits per heavy atom. The number of nitrogens with two attached hydrogens (primary N) is 1. The van der Waals surface area contributed by atoms with E-state index in [1.807, 2.05) is 0 Å². The summed E-state index contributed by atoms with van der Waals surface area (Å²) in [6.07, 6.45) is 3.73. The number of rotatable bonds is 3. The minimum atomic E-state index is 0.315. The first-order chi connectivity index (χ1) is 6.74. The first-order valence-corrected chi connectivity index (χ1v) is 6.23. The predicted molar refractivity (Wildman–Crippen MR) is 66.9 cm³/mol. The summed E-state index contributed by atoms with van der Waals surface area (Å²) in [4.78, 5) is 0. The van der Waals surface area contributed by atoms with E-state index >= 15 is 0 Å². The van der Waals surface area contributed by atoms with E-state index in [0.717, 1.165) is 6.54 Å². The van der Waals surface area contributed by atoms with Crippen LogP contribution in [-0.2, 0) is 0 Å². The predicted octanol–water partition coefficient (Wildman–Crippen LogP) is 2.53. The minimum Gasteiger partial charge on any atom is -0.326 e. The van der Waals surface area contributed by atoms with Crippen LogP contribution in [0.4, 0.5) is 0 Å². The SMILES string of the molecule is CC(C)(C)C(C)(C)CNC1CCCC1N. The third-order valence-electron chi connectivity index (χ3n) is 4.41. The second kappa shape index (κ2) is 4.42. The number of hydrogen-bond donors (Lipinski definition) is 2. The van der Waals surface area contributed by atoms with E-state index < -0.39 is 0 Å². The standard InChI is InChI=1S/C13H28N2/c1-12(2,3)13(4,5)9-15-11-8-6-7-10(11)14/h10-11,15H,6-9,14H2,1-5H3. The average molecular weight is 212 g/mol. The van der Waals surface area contributed by atoms with Gasteiger partial charge in [-0.05, 0) is 23.7 Å². The molecule has 1 saturated carbocycles. The minimum absolute atomic E-state index is 0.315. The topological polar surface area (TPSA) is 38.0 Å². The normalized spacial score (nSPS) is 28.4. The van der Waals surface area contributed by atoms with Gasteiger partial charge >= 0.3 is 0 Å². The first-order valence-electron chi connectivity index (χ1n) is 6.23. The molecule has 90 valence electrons. The summed E-state index contributed by atoms with van der Waals surface area (Å²) in [6.45, 7) is 12.7. The molecule has 3 N–H and O–H groups in total. The van der Waals surface area contributed by atoms with Crippen LogP contribution in [0.5, 0.6) is 0 Å². The Balaban J connectivity index is 2.42. The summed E-state index contributed by atoms with van der Waals surface area (Å²) in [5, 5.41) is 3.65. The quantitative estimate of drug-likeness (QED) is 0.754. The van der Waals surface area contributed by atoms with Crippen molar-refractivity contribution in [1.29, 1.82) is 0 Å². The van der Waals surface area contributed by atoms with E-state index in [1.165, 1.54) is 19.3 Å². The van der Waals surface area contributed by atoms with E-state index in [4.69, 9.17) is 5.73 Å².